The molecule has 0 saturated heterocycles. The van der Waals surface area contributed by atoms with Crippen LogP contribution in [0, 0.1) is 0 Å². The summed E-state index contributed by atoms with van der Waals surface area (Å²) in [6.07, 6.45) is 2.61. The molecular formula is C22H24ClN5OS2. The number of thiophene rings is 1. The summed E-state index contributed by atoms with van der Waals surface area (Å²) in [5.41, 5.74) is 3.97. The first-order chi connectivity index (χ1) is 14.5. The Hall–Kier alpha value is -2.26. The third-order valence-electron chi connectivity index (χ3n) is 5.61. The molecule has 1 amide bonds. The van der Waals surface area contributed by atoms with Crippen LogP contribution in [0.2, 0.25) is 0 Å². The molecule has 5 rings (SSSR count). The van der Waals surface area contributed by atoms with Gasteiger partial charge in [-0.05, 0) is 44.0 Å². The Balaban J connectivity index is 0.00000231. The Bertz CT molecular complexity index is 1210. The maximum Gasteiger partial charge on any atom is 0.274 e. The van der Waals surface area contributed by atoms with E-state index in [-0.39, 0.29) is 18.3 Å². The lowest BCUT2D eigenvalue weighted by atomic mass is 10.0. The lowest BCUT2D eigenvalue weighted by Crippen LogP contribution is -2.35. The van der Waals surface area contributed by atoms with Crippen molar-refractivity contribution in [1.82, 2.24) is 19.7 Å². The molecule has 0 radical (unpaired) electrons. The Labute approximate surface area is 195 Å². The highest BCUT2D eigenvalue weighted by atomic mass is 35.5. The molecular weight excluding hydrogens is 450 g/mol. The standard InChI is InChI=1S/C22H23N5OS2.ClH/c1-13(2)27-11-9-14-18(12-27)30-22(25-20(28)16-8-10-23-26(16)3)19(14)21-24-15-6-4-5-7-17(15)29-21;/h4-8,10,13H,9,11-12H2,1-3H3,(H,25,28);1H. The van der Waals surface area contributed by atoms with Crippen LogP contribution >= 0.6 is 35.1 Å². The van der Waals surface area contributed by atoms with E-state index < -0.39 is 0 Å². The van der Waals surface area contributed by atoms with E-state index in [9.17, 15) is 4.79 Å². The fourth-order valence-corrected chi connectivity index (χ4v) is 6.30. The summed E-state index contributed by atoms with van der Waals surface area (Å²) in [6, 6.07) is 10.4. The van der Waals surface area contributed by atoms with E-state index in [4.69, 9.17) is 4.98 Å². The van der Waals surface area contributed by atoms with Gasteiger partial charge in [0.2, 0.25) is 0 Å². The van der Waals surface area contributed by atoms with Crippen molar-refractivity contribution < 1.29 is 4.79 Å². The molecule has 0 atom stereocenters. The van der Waals surface area contributed by atoms with E-state index in [1.54, 1.807) is 46.7 Å². The number of aromatic nitrogens is 3. The average Bonchev–Trinajstić information content (AvgIpc) is 3.42. The molecule has 0 saturated carbocycles. The Kier molecular flexibility index (Phi) is 6.16. The van der Waals surface area contributed by atoms with E-state index in [1.807, 2.05) is 18.2 Å². The number of rotatable bonds is 4. The molecule has 162 valence electrons. The number of halogens is 1. The molecule has 1 aliphatic heterocycles. The number of benzene rings is 1. The molecule has 0 bridgehead atoms. The molecule has 0 aliphatic carbocycles. The molecule has 3 aromatic heterocycles. The highest BCUT2D eigenvalue weighted by molar-refractivity contribution is 7.23. The molecule has 4 heterocycles. The summed E-state index contributed by atoms with van der Waals surface area (Å²) in [6.45, 7) is 6.40. The molecule has 6 nitrogen and oxygen atoms in total. The number of amides is 1. The highest BCUT2D eigenvalue weighted by Crippen LogP contribution is 2.46. The first kappa shape index (κ1) is 22.0. The number of anilines is 1. The van der Waals surface area contributed by atoms with Gasteiger partial charge in [-0.1, -0.05) is 12.1 Å². The van der Waals surface area contributed by atoms with E-state index in [2.05, 4.69) is 35.2 Å². The molecule has 0 unspecified atom stereocenters. The van der Waals surface area contributed by atoms with Gasteiger partial charge in [-0.15, -0.1) is 35.1 Å². The number of nitrogens with one attached hydrogen (secondary N) is 1. The number of hydrogen-bond acceptors (Lipinski definition) is 6. The molecule has 0 fully saturated rings. The Morgan fingerprint density at radius 1 is 1.19 bits per heavy atom. The predicted octanol–water partition coefficient (Wildman–Crippen LogP) is 5.20. The Morgan fingerprint density at radius 3 is 2.71 bits per heavy atom. The fraction of sp³-hybridized carbons (Fsp3) is 0.318. The second-order valence-electron chi connectivity index (χ2n) is 7.80. The van der Waals surface area contributed by atoms with Crippen molar-refractivity contribution in [1.29, 1.82) is 0 Å². The van der Waals surface area contributed by atoms with Crippen LogP contribution in [0.15, 0.2) is 36.5 Å². The van der Waals surface area contributed by atoms with Crippen LogP contribution in [0.5, 0.6) is 0 Å². The van der Waals surface area contributed by atoms with Gasteiger partial charge in [-0.25, -0.2) is 4.98 Å². The first-order valence-corrected chi connectivity index (χ1v) is 11.7. The first-order valence-electron chi connectivity index (χ1n) is 10.0. The van der Waals surface area contributed by atoms with Gasteiger partial charge in [0.1, 0.15) is 15.7 Å². The average molecular weight is 474 g/mol. The van der Waals surface area contributed by atoms with E-state index in [1.165, 1.54) is 10.4 Å². The number of fused-ring (bicyclic) bond motifs is 2. The maximum absolute atomic E-state index is 12.9. The van der Waals surface area contributed by atoms with Gasteiger partial charge in [0.05, 0.1) is 10.2 Å². The fourth-order valence-electron chi connectivity index (χ4n) is 3.92. The number of para-hydroxylation sites is 1. The highest BCUT2D eigenvalue weighted by Gasteiger charge is 2.29. The smallest absolute Gasteiger partial charge is 0.274 e. The van der Waals surface area contributed by atoms with Gasteiger partial charge in [-0.3, -0.25) is 14.4 Å². The van der Waals surface area contributed by atoms with Crippen LogP contribution in [0.1, 0.15) is 34.8 Å². The minimum Gasteiger partial charge on any atom is -0.312 e. The molecule has 31 heavy (non-hydrogen) atoms. The minimum atomic E-state index is -0.142. The summed E-state index contributed by atoms with van der Waals surface area (Å²) in [5.74, 6) is -0.142. The second-order valence-corrected chi connectivity index (χ2v) is 9.94. The largest absolute Gasteiger partial charge is 0.312 e. The van der Waals surface area contributed by atoms with Crippen molar-refractivity contribution in [2.45, 2.75) is 32.9 Å². The van der Waals surface area contributed by atoms with Gasteiger partial charge in [0, 0.05) is 42.8 Å². The van der Waals surface area contributed by atoms with E-state index in [0.717, 1.165) is 45.3 Å². The van der Waals surface area contributed by atoms with Crippen molar-refractivity contribution in [3.05, 3.63) is 52.7 Å². The zero-order valence-electron chi connectivity index (χ0n) is 17.6. The molecule has 4 aromatic rings. The minimum absolute atomic E-state index is 0. The number of hydrogen-bond donors (Lipinski definition) is 1. The topological polar surface area (TPSA) is 63.1 Å². The van der Waals surface area contributed by atoms with Gasteiger partial charge in [0.25, 0.3) is 5.91 Å². The predicted molar refractivity (Wildman–Crippen MR) is 131 cm³/mol. The van der Waals surface area contributed by atoms with Gasteiger partial charge in [0.15, 0.2) is 0 Å². The number of thiazole rings is 1. The van der Waals surface area contributed by atoms with Gasteiger partial charge in [-0.2, -0.15) is 5.10 Å². The monoisotopic (exact) mass is 473 g/mol. The summed E-state index contributed by atoms with van der Waals surface area (Å²) in [7, 11) is 1.78. The van der Waals surface area contributed by atoms with Crippen LogP contribution in [-0.4, -0.2) is 38.2 Å². The van der Waals surface area contributed by atoms with Gasteiger partial charge >= 0.3 is 0 Å². The van der Waals surface area contributed by atoms with Crippen molar-refractivity contribution in [3.8, 4) is 10.6 Å². The second kappa shape index (κ2) is 8.70. The summed E-state index contributed by atoms with van der Waals surface area (Å²) in [5, 5.41) is 9.15. The van der Waals surface area contributed by atoms with Crippen molar-refractivity contribution >= 4 is 56.2 Å². The maximum atomic E-state index is 12.9. The molecule has 1 N–H and O–H groups in total. The third kappa shape index (κ3) is 4.01. The molecule has 1 aromatic carbocycles. The lowest BCUT2D eigenvalue weighted by Gasteiger charge is -2.30. The van der Waals surface area contributed by atoms with Crippen LogP contribution in [0.3, 0.4) is 0 Å². The Morgan fingerprint density at radius 2 is 2.00 bits per heavy atom. The molecule has 1 aliphatic rings. The summed E-state index contributed by atoms with van der Waals surface area (Å²) < 4.78 is 2.76. The van der Waals surface area contributed by atoms with Gasteiger partial charge < -0.3 is 5.32 Å². The number of carbonyl (C=O) groups is 1. The van der Waals surface area contributed by atoms with E-state index >= 15 is 0 Å². The summed E-state index contributed by atoms with van der Waals surface area (Å²) in [4.78, 5) is 21.7. The summed E-state index contributed by atoms with van der Waals surface area (Å²) >= 11 is 3.37. The zero-order valence-corrected chi connectivity index (χ0v) is 20.0. The van der Waals surface area contributed by atoms with Crippen LogP contribution in [0.25, 0.3) is 20.8 Å². The quantitative estimate of drug-likeness (QED) is 0.442. The third-order valence-corrected chi connectivity index (χ3v) is 7.79. The number of nitrogens with zero attached hydrogens (tertiary/aromatic N) is 4. The van der Waals surface area contributed by atoms with Crippen molar-refractivity contribution in [2.24, 2.45) is 7.05 Å². The molecule has 0 spiro atoms. The number of aryl methyl sites for hydroxylation is 1. The lowest BCUT2D eigenvalue weighted by molar-refractivity contribution is 0.101. The van der Waals surface area contributed by atoms with Crippen LogP contribution < -0.4 is 5.32 Å². The number of carbonyl (C=O) groups excluding carboxylic acids is 1. The van der Waals surface area contributed by atoms with Crippen molar-refractivity contribution in [2.75, 3.05) is 11.9 Å². The van der Waals surface area contributed by atoms with Crippen LogP contribution in [-0.2, 0) is 20.0 Å². The van der Waals surface area contributed by atoms with E-state index in [0.29, 0.717) is 11.7 Å². The normalized spacial score (nSPS) is 13.9. The SMILES string of the molecule is CC(C)N1CCc2c(sc(NC(=O)c3ccnn3C)c2-c2nc3ccccc3s2)C1.Cl. The van der Waals surface area contributed by atoms with Crippen molar-refractivity contribution in [3.63, 3.8) is 0 Å². The van der Waals surface area contributed by atoms with Crippen LogP contribution in [0.4, 0.5) is 5.00 Å². The zero-order chi connectivity index (χ0) is 20.8. The molecule has 9 heteroatoms.